The Labute approximate surface area is 130 Å². The van der Waals surface area contributed by atoms with E-state index in [1.165, 1.54) is 0 Å². The number of anilines is 2. The maximum absolute atomic E-state index is 12.2. The van der Waals surface area contributed by atoms with Gasteiger partial charge in [0.2, 0.25) is 0 Å². The Kier molecular flexibility index (Phi) is 4.94. The van der Waals surface area contributed by atoms with Crippen molar-refractivity contribution in [3.05, 3.63) is 65.7 Å². The third-order valence-corrected chi connectivity index (χ3v) is 3.12. The normalized spacial score (nSPS) is 10.7. The third-order valence-electron chi connectivity index (χ3n) is 3.12. The molecule has 0 aliphatic heterocycles. The Morgan fingerprint density at radius 2 is 1.73 bits per heavy atom. The van der Waals surface area contributed by atoms with Gasteiger partial charge in [0.15, 0.2) is 0 Å². The first kappa shape index (κ1) is 15.3. The molecule has 4 heteroatoms. The molecule has 2 rings (SSSR count). The number of nitrogens with zero attached hydrogens (tertiary/aromatic N) is 2. The Balaban J connectivity index is 2.13. The lowest BCUT2D eigenvalue weighted by Crippen LogP contribution is -2.14. The maximum atomic E-state index is 12.2. The van der Waals surface area contributed by atoms with Gasteiger partial charge < -0.3 is 10.2 Å². The Morgan fingerprint density at radius 1 is 1.09 bits per heavy atom. The van der Waals surface area contributed by atoms with E-state index in [1.54, 1.807) is 6.08 Å². The summed E-state index contributed by atoms with van der Waals surface area (Å²) in [5, 5.41) is 11.9. The van der Waals surface area contributed by atoms with Crippen molar-refractivity contribution in [3.8, 4) is 6.07 Å². The monoisotopic (exact) mass is 291 g/mol. The van der Waals surface area contributed by atoms with Crippen LogP contribution < -0.4 is 10.2 Å². The predicted octanol–water partition coefficient (Wildman–Crippen LogP) is 3.30. The van der Waals surface area contributed by atoms with Crippen LogP contribution in [0.1, 0.15) is 5.56 Å². The van der Waals surface area contributed by atoms with Crippen molar-refractivity contribution in [1.82, 2.24) is 0 Å². The van der Waals surface area contributed by atoms with E-state index in [2.05, 4.69) is 5.32 Å². The number of rotatable bonds is 4. The maximum Gasteiger partial charge on any atom is 0.266 e. The molecule has 0 atom stereocenters. The highest BCUT2D eigenvalue weighted by Crippen LogP contribution is 2.16. The minimum atomic E-state index is -0.413. The van der Waals surface area contributed by atoms with Crippen LogP contribution >= 0.6 is 0 Å². The number of amides is 1. The van der Waals surface area contributed by atoms with Crippen LogP contribution in [0.15, 0.2) is 60.2 Å². The van der Waals surface area contributed by atoms with Gasteiger partial charge >= 0.3 is 0 Å². The molecule has 0 bridgehead atoms. The molecule has 2 aromatic rings. The summed E-state index contributed by atoms with van der Waals surface area (Å²) < 4.78 is 0. The SMILES string of the molecule is CN(C)c1ccc(NC(=O)/C(C#N)=C/c2ccccc2)cc1. The third kappa shape index (κ3) is 3.97. The van der Waals surface area contributed by atoms with Crippen molar-refractivity contribution < 1.29 is 4.79 Å². The van der Waals surface area contributed by atoms with E-state index in [-0.39, 0.29) is 5.57 Å². The van der Waals surface area contributed by atoms with Gasteiger partial charge in [-0.3, -0.25) is 4.79 Å². The lowest BCUT2D eigenvalue weighted by Gasteiger charge is -2.12. The first-order valence-corrected chi connectivity index (χ1v) is 6.86. The van der Waals surface area contributed by atoms with Crippen LogP contribution in [0.5, 0.6) is 0 Å². The smallest absolute Gasteiger partial charge is 0.266 e. The van der Waals surface area contributed by atoms with E-state index >= 15 is 0 Å². The van der Waals surface area contributed by atoms with Crippen LogP contribution in [0.4, 0.5) is 11.4 Å². The largest absolute Gasteiger partial charge is 0.378 e. The number of hydrogen-bond acceptors (Lipinski definition) is 3. The van der Waals surface area contributed by atoms with Crippen molar-refractivity contribution in [3.63, 3.8) is 0 Å². The molecule has 0 saturated heterocycles. The van der Waals surface area contributed by atoms with Crippen LogP contribution in [-0.4, -0.2) is 20.0 Å². The Morgan fingerprint density at radius 3 is 2.27 bits per heavy atom. The zero-order valence-corrected chi connectivity index (χ0v) is 12.6. The summed E-state index contributed by atoms with van der Waals surface area (Å²) in [4.78, 5) is 14.1. The molecular formula is C18H17N3O. The number of benzene rings is 2. The van der Waals surface area contributed by atoms with Gasteiger partial charge in [-0.15, -0.1) is 0 Å². The van der Waals surface area contributed by atoms with Gasteiger partial charge in [-0.1, -0.05) is 30.3 Å². The molecule has 0 fully saturated rings. The molecule has 0 aromatic heterocycles. The van der Waals surface area contributed by atoms with E-state index in [0.717, 1.165) is 11.3 Å². The number of hydrogen-bond donors (Lipinski definition) is 1. The number of carbonyl (C=O) groups excluding carboxylic acids is 1. The van der Waals surface area contributed by atoms with Gasteiger partial charge in [-0.05, 0) is 35.9 Å². The fourth-order valence-corrected chi connectivity index (χ4v) is 1.91. The molecular weight excluding hydrogens is 274 g/mol. The van der Waals surface area contributed by atoms with Crippen LogP contribution in [0.25, 0.3) is 6.08 Å². The molecule has 2 aromatic carbocycles. The highest BCUT2D eigenvalue weighted by atomic mass is 16.1. The average molecular weight is 291 g/mol. The second kappa shape index (κ2) is 7.09. The Bertz CT molecular complexity index is 710. The predicted molar refractivity (Wildman–Crippen MR) is 89.4 cm³/mol. The van der Waals surface area contributed by atoms with Gasteiger partial charge in [0.05, 0.1) is 0 Å². The molecule has 22 heavy (non-hydrogen) atoms. The zero-order chi connectivity index (χ0) is 15.9. The van der Waals surface area contributed by atoms with E-state index in [0.29, 0.717) is 5.69 Å². The fraction of sp³-hybridized carbons (Fsp3) is 0.111. The molecule has 4 nitrogen and oxygen atoms in total. The lowest BCUT2D eigenvalue weighted by molar-refractivity contribution is -0.112. The van der Waals surface area contributed by atoms with Crippen LogP contribution in [0.2, 0.25) is 0 Å². The molecule has 0 heterocycles. The van der Waals surface area contributed by atoms with Crippen molar-refractivity contribution in [2.75, 3.05) is 24.3 Å². The molecule has 1 amide bonds. The topological polar surface area (TPSA) is 56.1 Å². The van der Waals surface area contributed by atoms with Gasteiger partial charge in [0, 0.05) is 25.5 Å². The summed E-state index contributed by atoms with van der Waals surface area (Å²) >= 11 is 0. The van der Waals surface area contributed by atoms with Crippen molar-refractivity contribution in [2.45, 2.75) is 0 Å². The van der Waals surface area contributed by atoms with E-state index in [4.69, 9.17) is 5.26 Å². The van der Waals surface area contributed by atoms with E-state index in [1.807, 2.05) is 79.7 Å². The average Bonchev–Trinajstić information content (AvgIpc) is 2.54. The molecule has 0 aliphatic rings. The standard InChI is InChI=1S/C18H17N3O/c1-21(2)17-10-8-16(9-11-17)20-18(22)15(13-19)12-14-6-4-3-5-7-14/h3-12H,1-2H3,(H,20,22)/b15-12+. The second-order valence-corrected chi connectivity index (χ2v) is 4.98. The summed E-state index contributed by atoms with van der Waals surface area (Å²) in [6, 6.07) is 18.7. The lowest BCUT2D eigenvalue weighted by atomic mass is 10.1. The molecule has 0 unspecified atom stereocenters. The van der Waals surface area contributed by atoms with Crippen LogP contribution in [0.3, 0.4) is 0 Å². The van der Waals surface area contributed by atoms with Crippen LogP contribution in [-0.2, 0) is 4.79 Å². The first-order valence-electron chi connectivity index (χ1n) is 6.86. The van der Waals surface area contributed by atoms with Gasteiger partial charge in [-0.25, -0.2) is 0 Å². The first-order chi connectivity index (χ1) is 10.6. The zero-order valence-electron chi connectivity index (χ0n) is 12.6. The van der Waals surface area contributed by atoms with Gasteiger partial charge in [0.25, 0.3) is 5.91 Å². The molecule has 0 spiro atoms. The van der Waals surface area contributed by atoms with E-state index < -0.39 is 5.91 Å². The summed E-state index contributed by atoms with van der Waals surface area (Å²) in [5.41, 5.74) is 2.59. The minimum absolute atomic E-state index is 0.0721. The summed E-state index contributed by atoms with van der Waals surface area (Å²) in [7, 11) is 3.90. The number of nitriles is 1. The highest BCUT2D eigenvalue weighted by molar-refractivity contribution is 6.09. The molecule has 110 valence electrons. The summed E-state index contributed by atoms with van der Waals surface area (Å²) in [6.07, 6.45) is 1.57. The molecule has 0 radical (unpaired) electrons. The highest BCUT2D eigenvalue weighted by Gasteiger charge is 2.09. The summed E-state index contributed by atoms with van der Waals surface area (Å²) in [5.74, 6) is -0.413. The number of carbonyl (C=O) groups is 1. The van der Waals surface area contributed by atoms with Crippen molar-refractivity contribution in [2.24, 2.45) is 0 Å². The second-order valence-electron chi connectivity index (χ2n) is 4.98. The van der Waals surface area contributed by atoms with Gasteiger partial charge in [-0.2, -0.15) is 5.26 Å². The fourth-order valence-electron chi connectivity index (χ4n) is 1.91. The van der Waals surface area contributed by atoms with Crippen molar-refractivity contribution in [1.29, 1.82) is 5.26 Å². The van der Waals surface area contributed by atoms with E-state index in [9.17, 15) is 4.79 Å². The number of nitrogens with one attached hydrogen (secondary N) is 1. The summed E-state index contributed by atoms with van der Waals surface area (Å²) in [6.45, 7) is 0. The van der Waals surface area contributed by atoms with Crippen LogP contribution in [0, 0.1) is 11.3 Å². The van der Waals surface area contributed by atoms with Crippen molar-refractivity contribution >= 4 is 23.4 Å². The minimum Gasteiger partial charge on any atom is -0.378 e. The molecule has 1 N–H and O–H groups in total. The quantitative estimate of drug-likeness (QED) is 0.694. The Hall–Kier alpha value is -3.06. The molecule has 0 saturated carbocycles. The molecule has 0 aliphatic carbocycles. The van der Waals surface area contributed by atoms with Gasteiger partial charge in [0.1, 0.15) is 11.6 Å².